The zero-order valence-electron chi connectivity index (χ0n) is 10.1. The highest BCUT2D eigenvalue weighted by atomic mass is 35.5. The minimum Gasteiger partial charge on any atom is -0.493 e. The molecule has 0 aliphatic rings. The molecule has 0 aliphatic carbocycles. The van der Waals surface area contributed by atoms with Gasteiger partial charge in [0, 0.05) is 0 Å². The Morgan fingerprint density at radius 3 is 2.22 bits per heavy atom. The average molecular weight is 287 g/mol. The van der Waals surface area contributed by atoms with Crippen LogP contribution in [0.2, 0.25) is 4.47 Å². The number of halogens is 1. The minimum absolute atomic E-state index is 0.377. The third kappa shape index (κ3) is 2.21. The van der Waals surface area contributed by atoms with E-state index in [1.807, 2.05) is 6.07 Å². The first-order valence-corrected chi connectivity index (χ1v) is 6.19. The van der Waals surface area contributed by atoms with E-state index in [0.717, 1.165) is 5.56 Å². The molecule has 7 heteroatoms. The van der Waals surface area contributed by atoms with Gasteiger partial charge in [0.1, 0.15) is 0 Å². The number of hydrogen-bond donors (Lipinski definition) is 0. The zero-order valence-corrected chi connectivity index (χ0v) is 11.6. The monoisotopic (exact) mass is 286 g/mol. The van der Waals surface area contributed by atoms with Gasteiger partial charge in [0.15, 0.2) is 16.5 Å². The zero-order chi connectivity index (χ0) is 13.1. The van der Waals surface area contributed by atoms with Crippen molar-refractivity contribution in [3.05, 3.63) is 16.6 Å². The van der Waals surface area contributed by atoms with Crippen molar-refractivity contribution in [2.45, 2.75) is 0 Å². The molecule has 0 fully saturated rings. The second-order valence-corrected chi connectivity index (χ2v) is 4.80. The maximum atomic E-state index is 5.79. The van der Waals surface area contributed by atoms with Gasteiger partial charge < -0.3 is 14.2 Å². The molecule has 0 atom stereocenters. The molecule has 0 bridgehead atoms. The van der Waals surface area contributed by atoms with Crippen LogP contribution in [0.1, 0.15) is 0 Å². The van der Waals surface area contributed by atoms with Crippen LogP contribution in [0.4, 0.5) is 0 Å². The number of benzene rings is 1. The summed E-state index contributed by atoms with van der Waals surface area (Å²) in [5.74, 6) is 1.65. The Morgan fingerprint density at radius 2 is 1.72 bits per heavy atom. The Hall–Kier alpha value is -1.53. The van der Waals surface area contributed by atoms with E-state index in [4.69, 9.17) is 25.8 Å². The molecule has 0 saturated heterocycles. The fraction of sp³-hybridized carbons (Fsp3) is 0.273. The van der Waals surface area contributed by atoms with Crippen molar-refractivity contribution in [3.63, 3.8) is 0 Å². The fourth-order valence-electron chi connectivity index (χ4n) is 1.58. The number of hydrogen-bond acceptors (Lipinski definition) is 6. The lowest BCUT2D eigenvalue weighted by Crippen LogP contribution is -1.96. The molecule has 0 aliphatic heterocycles. The lowest BCUT2D eigenvalue weighted by atomic mass is 10.2. The minimum atomic E-state index is 0.377. The summed E-state index contributed by atoms with van der Waals surface area (Å²) in [6.07, 6.45) is 0. The average Bonchev–Trinajstić information content (AvgIpc) is 2.83. The van der Waals surface area contributed by atoms with E-state index < -0.39 is 0 Å². The van der Waals surface area contributed by atoms with Gasteiger partial charge in [-0.25, -0.2) is 0 Å². The summed E-state index contributed by atoms with van der Waals surface area (Å²) in [5, 5.41) is 8.42. The van der Waals surface area contributed by atoms with E-state index in [1.165, 1.54) is 11.3 Å². The first kappa shape index (κ1) is 12.9. The standard InChI is InChI=1S/C11H11ClN2O3S/c1-15-7-5-4-6(8(16-2)9(7)17-3)10-13-14-11(12)18-10/h4-5H,1-3H3. The summed E-state index contributed by atoms with van der Waals surface area (Å²) in [6.45, 7) is 0. The Labute approximate surface area is 113 Å². The highest BCUT2D eigenvalue weighted by Crippen LogP contribution is 2.45. The first-order chi connectivity index (χ1) is 8.71. The summed E-state index contributed by atoms with van der Waals surface area (Å²) in [6, 6.07) is 3.61. The number of aromatic nitrogens is 2. The van der Waals surface area contributed by atoms with Crippen molar-refractivity contribution in [2.75, 3.05) is 21.3 Å². The van der Waals surface area contributed by atoms with E-state index in [9.17, 15) is 0 Å². The normalized spacial score (nSPS) is 10.2. The van der Waals surface area contributed by atoms with E-state index in [0.29, 0.717) is 26.7 Å². The number of ether oxygens (including phenoxy) is 3. The molecular weight excluding hydrogens is 276 g/mol. The smallest absolute Gasteiger partial charge is 0.207 e. The van der Waals surface area contributed by atoms with Crippen LogP contribution >= 0.6 is 22.9 Å². The molecule has 0 amide bonds. The van der Waals surface area contributed by atoms with Gasteiger partial charge in [-0.1, -0.05) is 11.3 Å². The van der Waals surface area contributed by atoms with Crippen molar-refractivity contribution in [1.82, 2.24) is 10.2 Å². The van der Waals surface area contributed by atoms with E-state index in [1.54, 1.807) is 27.4 Å². The predicted molar refractivity (Wildman–Crippen MR) is 70.0 cm³/mol. The van der Waals surface area contributed by atoms with Crippen molar-refractivity contribution in [1.29, 1.82) is 0 Å². The maximum Gasteiger partial charge on any atom is 0.207 e. The predicted octanol–water partition coefficient (Wildman–Crippen LogP) is 2.88. The molecular formula is C11H11ClN2O3S. The fourth-order valence-corrected chi connectivity index (χ4v) is 2.43. The summed E-state index contributed by atoms with van der Waals surface area (Å²) < 4.78 is 16.3. The summed E-state index contributed by atoms with van der Waals surface area (Å²) in [7, 11) is 4.68. The van der Waals surface area contributed by atoms with Gasteiger partial charge in [-0.05, 0) is 23.7 Å². The van der Waals surface area contributed by atoms with Crippen LogP contribution in [-0.2, 0) is 0 Å². The maximum absolute atomic E-state index is 5.79. The van der Waals surface area contributed by atoms with E-state index >= 15 is 0 Å². The van der Waals surface area contributed by atoms with Crippen LogP contribution in [0.5, 0.6) is 17.2 Å². The molecule has 0 spiro atoms. The van der Waals surface area contributed by atoms with Gasteiger partial charge in [-0.15, -0.1) is 10.2 Å². The van der Waals surface area contributed by atoms with E-state index in [2.05, 4.69) is 10.2 Å². The third-order valence-electron chi connectivity index (χ3n) is 2.33. The molecule has 1 aromatic heterocycles. The highest BCUT2D eigenvalue weighted by Gasteiger charge is 2.19. The quantitative estimate of drug-likeness (QED) is 0.865. The van der Waals surface area contributed by atoms with Crippen LogP contribution < -0.4 is 14.2 Å². The molecule has 0 N–H and O–H groups in total. The van der Waals surface area contributed by atoms with Crippen molar-refractivity contribution in [2.24, 2.45) is 0 Å². The summed E-state index contributed by atoms with van der Waals surface area (Å²) >= 11 is 7.06. The van der Waals surface area contributed by atoms with Crippen molar-refractivity contribution in [3.8, 4) is 27.8 Å². The van der Waals surface area contributed by atoms with Crippen LogP contribution in [0.15, 0.2) is 12.1 Å². The molecule has 2 rings (SSSR count). The van der Waals surface area contributed by atoms with Crippen LogP contribution in [0.3, 0.4) is 0 Å². The van der Waals surface area contributed by atoms with Crippen molar-refractivity contribution >= 4 is 22.9 Å². The van der Waals surface area contributed by atoms with Gasteiger partial charge in [-0.2, -0.15) is 0 Å². The molecule has 5 nitrogen and oxygen atoms in total. The van der Waals surface area contributed by atoms with Crippen molar-refractivity contribution < 1.29 is 14.2 Å². The topological polar surface area (TPSA) is 53.5 Å². The van der Waals surface area contributed by atoms with Gasteiger partial charge in [-0.3, -0.25) is 0 Å². The third-order valence-corrected chi connectivity index (χ3v) is 3.39. The molecule has 18 heavy (non-hydrogen) atoms. The second kappa shape index (κ2) is 5.41. The highest BCUT2D eigenvalue weighted by molar-refractivity contribution is 7.18. The molecule has 0 radical (unpaired) electrons. The molecule has 0 saturated carbocycles. The summed E-state index contributed by atoms with van der Waals surface area (Å²) in [5.41, 5.74) is 0.763. The van der Waals surface area contributed by atoms with Crippen LogP contribution in [0.25, 0.3) is 10.6 Å². The van der Waals surface area contributed by atoms with Gasteiger partial charge in [0.25, 0.3) is 0 Å². The number of nitrogens with zero attached hydrogens (tertiary/aromatic N) is 2. The Kier molecular flexibility index (Phi) is 3.88. The lowest BCUT2D eigenvalue weighted by Gasteiger charge is -2.14. The Balaban J connectivity index is 2.61. The molecule has 1 heterocycles. The molecule has 0 unspecified atom stereocenters. The van der Waals surface area contributed by atoms with Crippen LogP contribution in [-0.4, -0.2) is 31.5 Å². The van der Waals surface area contributed by atoms with Gasteiger partial charge >= 0.3 is 0 Å². The first-order valence-electron chi connectivity index (χ1n) is 4.99. The van der Waals surface area contributed by atoms with Gasteiger partial charge in [0.05, 0.1) is 26.9 Å². The largest absolute Gasteiger partial charge is 0.493 e. The van der Waals surface area contributed by atoms with Gasteiger partial charge in [0.2, 0.25) is 10.2 Å². The lowest BCUT2D eigenvalue weighted by molar-refractivity contribution is 0.325. The second-order valence-electron chi connectivity index (χ2n) is 3.24. The van der Waals surface area contributed by atoms with E-state index in [-0.39, 0.29) is 0 Å². The van der Waals surface area contributed by atoms with Crippen LogP contribution in [0, 0.1) is 0 Å². The SMILES string of the molecule is COc1ccc(-c2nnc(Cl)s2)c(OC)c1OC. The Morgan fingerprint density at radius 1 is 1.00 bits per heavy atom. The molecule has 2 aromatic rings. The number of rotatable bonds is 4. The summed E-state index contributed by atoms with van der Waals surface area (Å²) in [4.78, 5) is 0. The molecule has 1 aromatic carbocycles. The Bertz CT molecular complexity index is 559. The number of methoxy groups -OCH3 is 3. The molecule has 96 valence electrons.